The first-order valence-electron chi connectivity index (χ1n) is 13.6. The number of anilines is 1. The Kier molecular flexibility index (Phi) is 8.83. The SMILES string of the molecule is CC(=O)c1nn(CC(=O)N(CC(=O)NCc2cccc(Cl)c2F)C2CC2)c2ccc(NC(O)NC3CCNC3)cc12. The van der Waals surface area contributed by atoms with E-state index in [0.717, 1.165) is 32.4 Å². The highest BCUT2D eigenvalue weighted by atomic mass is 35.5. The number of carbonyl (C=O) groups excluding carboxylic acids is 3. The number of fused-ring (bicyclic) bond motifs is 1. The molecule has 2 heterocycles. The van der Waals surface area contributed by atoms with Crippen LogP contribution in [-0.2, 0) is 22.7 Å². The van der Waals surface area contributed by atoms with Crippen molar-refractivity contribution in [3.63, 3.8) is 0 Å². The molecule has 1 aliphatic heterocycles. The van der Waals surface area contributed by atoms with Crippen LogP contribution >= 0.6 is 11.6 Å². The summed E-state index contributed by atoms with van der Waals surface area (Å²) in [5, 5.41) is 27.3. The summed E-state index contributed by atoms with van der Waals surface area (Å²) in [6, 6.07) is 9.85. The fourth-order valence-corrected chi connectivity index (χ4v) is 5.18. The number of ketones is 1. The third kappa shape index (κ3) is 7.02. The molecule has 1 saturated heterocycles. The Balaban J connectivity index is 1.26. The Morgan fingerprint density at radius 3 is 2.76 bits per heavy atom. The number of aliphatic hydroxyl groups is 1. The molecule has 2 unspecified atom stereocenters. The molecule has 5 rings (SSSR count). The molecule has 13 heteroatoms. The standard InChI is InChI=1S/C28H33ClFN7O4/c1-16(38)27-21-11-18(33-28(41)34-19-9-10-31-13-19)5-8-23(21)37(35-27)15-25(40)36(20-6-7-20)14-24(39)32-12-17-3-2-4-22(29)26(17)30/h2-5,8,11,19-20,28,31,33-34,41H,6-7,9-10,12-15H2,1H3,(H,32,39). The van der Waals surface area contributed by atoms with Crippen LogP contribution in [0.25, 0.3) is 10.9 Å². The Hall–Kier alpha value is -3.58. The monoisotopic (exact) mass is 585 g/mol. The zero-order valence-corrected chi connectivity index (χ0v) is 23.4. The van der Waals surface area contributed by atoms with Crippen molar-refractivity contribution in [3.8, 4) is 0 Å². The molecule has 1 aromatic heterocycles. The molecule has 5 N–H and O–H groups in total. The number of amides is 2. The van der Waals surface area contributed by atoms with Gasteiger partial charge < -0.3 is 26.0 Å². The molecule has 3 aromatic rings. The molecule has 1 aliphatic carbocycles. The number of hydrogen-bond acceptors (Lipinski definition) is 8. The van der Waals surface area contributed by atoms with Crippen LogP contribution in [0.1, 0.15) is 42.2 Å². The Morgan fingerprint density at radius 1 is 1.24 bits per heavy atom. The summed E-state index contributed by atoms with van der Waals surface area (Å²) in [7, 11) is 0. The minimum atomic E-state index is -0.983. The number of rotatable bonds is 12. The molecular weight excluding hydrogens is 553 g/mol. The lowest BCUT2D eigenvalue weighted by atomic mass is 10.1. The van der Waals surface area contributed by atoms with E-state index in [0.29, 0.717) is 16.6 Å². The average molecular weight is 586 g/mol. The molecule has 1 saturated carbocycles. The molecule has 2 fully saturated rings. The molecule has 2 atom stereocenters. The van der Waals surface area contributed by atoms with Crippen LogP contribution in [0.3, 0.4) is 0 Å². The van der Waals surface area contributed by atoms with Gasteiger partial charge in [0.15, 0.2) is 12.1 Å². The van der Waals surface area contributed by atoms with Crippen molar-refractivity contribution in [2.75, 3.05) is 25.0 Å². The van der Waals surface area contributed by atoms with Gasteiger partial charge in [0.2, 0.25) is 11.8 Å². The molecule has 2 amide bonds. The van der Waals surface area contributed by atoms with Crippen molar-refractivity contribution in [2.45, 2.75) is 57.7 Å². The summed E-state index contributed by atoms with van der Waals surface area (Å²) in [5.74, 6) is -1.59. The zero-order chi connectivity index (χ0) is 29.1. The summed E-state index contributed by atoms with van der Waals surface area (Å²) in [4.78, 5) is 40.0. The molecule has 41 heavy (non-hydrogen) atoms. The van der Waals surface area contributed by atoms with Crippen LogP contribution in [0.15, 0.2) is 36.4 Å². The Labute approximate surface area is 241 Å². The van der Waals surface area contributed by atoms with Crippen LogP contribution < -0.4 is 21.3 Å². The van der Waals surface area contributed by atoms with Crippen LogP contribution in [0, 0.1) is 5.82 Å². The number of nitrogens with zero attached hydrogens (tertiary/aromatic N) is 3. The van der Waals surface area contributed by atoms with Gasteiger partial charge in [-0.15, -0.1) is 0 Å². The van der Waals surface area contributed by atoms with Gasteiger partial charge >= 0.3 is 0 Å². The molecule has 0 radical (unpaired) electrons. The van der Waals surface area contributed by atoms with Gasteiger partial charge in [0.25, 0.3) is 0 Å². The van der Waals surface area contributed by atoms with Crippen molar-refractivity contribution < 1.29 is 23.9 Å². The first-order chi connectivity index (χ1) is 19.7. The van der Waals surface area contributed by atoms with Crippen LogP contribution in [-0.4, -0.2) is 75.5 Å². The van der Waals surface area contributed by atoms with E-state index < -0.39 is 18.1 Å². The fraction of sp³-hybridized carbons (Fsp3) is 0.429. The third-order valence-corrected chi connectivity index (χ3v) is 7.55. The summed E-state index contributed by atoms with van der Waals surface area (Å²) < 4.78 is 15.6. The van der Waals surface area contributed by atoms with E-state index in [9.17, 15) is 23.9 Å². The smallest absolute Gasteiger partial charge is 0.245 e. The first-order valence-corrected chi connectivity index (χ1v) is 14.0. The average Bonchev–Trinajstić information content (AvgIpc) is 3.53. The number of hydrogen-bond donors (Lipinski definition) is 5. The van der Waals surface area contributed by atoms with Crippen molar-refractivity contribution in [1.29, 1.82) is 0 Å². The number of halogens is 2. The van der Waals surface area contributed by atoms with Gasteiger partial charge in [-0.2, -0.15) is 5.10 Å². The van der Waals surface area contributed by atoms with Crippen LogP contribution in [0.2, 0.25) is 5.02 Å². The number of carbonyl (C=O) groups is 3. The summed E-state index contributed by atoms with van der Waals surface area (Å²) in [6.45, 7) is 2.67. The van der Waals surface area contributed by atoms with Crippen LogP contribution in [0.5, 0.6) is 0 Å². The maximum absolute atomic E-state index is 14.2. The van der Waals surface area contributed by atoms with Gasteiger partial charge in [0.05, 0.1) is 17.1 Å². The molecule has 11 nitrogen and oxygen atoms in total. The van der Waals surface area contributed by atoms with Gasteiger partial charge in [-0.25, -0.2) is 4.39 Å². The second-order valence-corrected chi connectivity index (χ2v) is 10.8. The van der Waals surface area contributed by atoms with Crippen molar-refractivity contribution in [2.24, 2.45) is 0 Å². The minimum Gasteiger partial charge on any atom is -0.361 e. The zero-order valence-electron chi connectivity index (χ0n) is 22.6. The second kappa shape index (κ2) is 12.5. The lowest BCUT2D eigenvalue weighted by molar-refractivity contribution is -0.137. The maximum atomic E-state index is 14.2. The lowest BCUT2D eigenvalue weighted by Crippen LogP contribution is -2.43. The van der Waals surface area contributed by atoms with Gasteiger partial charge in [0, 0.05) is 48.7 Å². The van der Waals surface area contributed by atoms with Crippen molar-refractivity contribution in [3.05, 3.63) is 58.5 Å². The Morgan fingerprint density at radius 2 is 2.05 bits per heavy atom. The highest BCUT2D eigenvalue weighted by molar-refractivity contribution is 6.30. The summed E-state index contributed by atoms with van der Waals surface area (Å²) >= 11 is 5.82. The van der Waals surface area contributed by atoms with Crippen molar-refractivity contribution in [1.82, 2.24) is 30.6 Å². The summed E-state index contributed by atoms with van der Waals surface area (Å²) in [6.07, 6.45) is 1.49. The predicted molar refractivity (Wildman–Crippen MR) is 152 cm³/mol. The van der Waals surface area contributed by atoms with E-state index in [1.807, 2.05) is 0 Å². The first kappa shape index (κ1) is 28.9. The highest BCUT2D eigenvalue weighted by Crippen LogP contribution is 2.28. The van der Waals surface area contributed by atoms with E-state index in [2.05, 4.69) is 26.4 Å². The second-order valence-electron chi connectivity index (χ2n) is 10.4. The predicted octanol–water partition coefficient (Wildman–Crippen LogP) is 1.98. The van der Waals surface area contributed by atoms with E-state index in [1.54, 1.807) is 24.3 Å². The molecule has 2 aromatic carbocycles. The number of aromatic nitrogens is 2. The van der Waals surface area contributed by atoms with Gasteiger partial charge in [0.1, 0.15) is 18.1 Å². The van der Waals surface area contributed by atoms with Crippen molar-refractivity contribution >= 4 is 45.8 Å². The highest BCUT2D eigenvalue weighted by Gasteiger charge is 2.34. The normalized spacial score (nSPS) is 17.4. The van der Waals surface area contributed by atoms with E-state index >= 15 is 0 Å². The van der Waals surface area contributed by atoms with Gasteiger partial charge in [-0.3, -0.25) is 24.4 Å². The largest absolute Gasteiger partial charge is 0.361 e. The molecule has 218 valence electrons. The minimum absolute atomic E-state index is 0.0275. The lowest BCUT2D eigenvalue weighted by Gasteiger charge is -2.22. The topological polar surface area (TPSA) is 141 Å². The van der Waals surface area contributed by atoms with Crippen LogP contribution in [0.4, 0.5) is 10.1 Å². The maximum Gasteiger partial charge on any atom is 0.245 e. The molecule has 0 bridgehead atoms. The Bertz CT molecular complexity index is 1450. The molecule has 0 spiro atoms. The molecular formula is C28H33ClFN7O4. The summed E-state index contributed by atoms with van der Waals surface area (Å²) in [5.41, 5.74) is 1.62. The molecule has 2 aliphatic rings. The number of benzene rings is 2. The van der Waals surface area contributed by atoms with E-state index in [4.69, 9.17) is 11.6 Å². The van der Waals surface area contributed by atoms with Gasteiger partial charge in [-0.1, -0.05) is 23.7 Å². The number of aliphatic hydroxyl groups excluding tert-OH is 1. The van der Waals surface area contributed by atoms with Gasteiger partial charge in [-0.05, 0) is 50.1 Å². The number of Topliss-reactive ketones (excluding diaryl/α,β-unsaturated/α-hetero) is 1. The third-order valence-electron chi connectivity index (χ3n) is 7.26. The quantitative estimate of drug-likeness (QED) is 0.161. The number of nitrogens with one attached hydrogen (secondary N) is 4. The van der Waals surface area contributed by atoms with E-state index in [-0.39, 0.29) is 59.7 Å². The van der Waals surface area contributed by atoms with E-state index in [1.165, 1.54) is 28.6 Å². The fourth-order valence-electron chi connectivity index (χ4n) is 4.98.